The smallest absolute Gasteiger partial charge is 0.326 e. The molecule has 1 fully saturated rings. The van der Waals surface area contributed by atoms with Crippen LogP contribution in [0.2, 0.25) is 0 Å². The maximum absolute atomic E-state index is 12.6. The van der Waals surface area contributed by atoms with Crippen molar-refractivity contribution in [1.29, 1.82) is 0 Å². The molecule has 0 atom stereocenters. The van der Waals surface area contributed by atoms with Gasteiger partial charge in [0.1, 0.15) is 0 Å². The van der Waals surface area contributed by atoms with Gasteiger partial charge in [-0.2, -0.15) is 13.2 Å². The van der Waals surface area contributed by atoms with Gasteiger partial charge >= 0.3 is 6.18 Å². The predicted molar refractivity (Wildman–Crippen MR) is 79.4 cm³/mol. The Balaban J connectivity index is 1.76. The van der Waals surface area contributed by atoms with Gasteiger partial charge in [0, 0.05) is 25.2 Å². The van der Waals surface area contributed by atoms with Crippen LogP contribution in [0.1, 0.15) is 38.2 Å². The minimum Gasteiger partial charge on any atom is -0.326 e. The lowest BCUT2D eigenvalue weighted by molar-refractivity contribution is -0.182. The highest BCUT2D eigenvalue weighted by molar-refractivity contribution is 5.88. The van der Waals surface area contributed by atoms with E-state index in [9.17, 15) is 18.0 Å². The van der Waals surface area contributed by atoms with Crippen LogP contribution in [0.5, 0.6) is 0 Å². The molecule has 0 aromatic heterocycles. The Labute approximate surface area is 128 Å². The van der Waals surface area contributed by atoms with E-state index in [2.05, 4.69) is 10.6 Å². The summed E-state index contributed by atoms with van der Waals surface area (Å²) >= 11 is 0. The standard InChI is InChI=1S/C16H21F3N2O/c1-11(22)21-15-6-2-12(3-7-15)10-20-14-8-4-13(5-9-14)16(17,18)19/h2-3,6-7,13-14,20H,4-5,8-10H2,1H3,(H,21,22). The van der Waals surface area contributed by atoms with Crippen molar-refractivity contribution >= 4 is 11.6 Å². The molecule has 0 spiro atoms. The molecular weight excluding hydrogens is 293 g/mol. The summed E-state index contributed by atoms with van der Waals surface area (Å²) in [6.07, 6.45) is -2.50. The molecule has 1 aromatic carbocycles. The Morgan fingerprint density at radius 1 is 1.14 bits per heavy atom. The molecule has 0 saturated heterocycles. The first-order chi connectivity index (χ1) is 10.3. The molecule has 1 aliphatic rings. The van der Waals surface area contributed by atoms with Crippen molar-refractivity contribution in [2.24, 2.45) is 5.92 Å². The Bertz CT molecular complexity index is 491. The number of benzene rings is 1. The van der Waals surface area contributed by atoms with E-state index in [-0.39, 0.29) is 24.8 Å². The third-order valence-corrected chi connectivity index (χ3v) is 4.06. The summed E-state index contributed by atoms with van der Waals surface area (Å²) < 4.78 is 37.8. The molecule has 0 heterocycles. The van der Waals surface area contributed by atoms with Crippen molar-refractivity contribution in [2.75, 3.05) is 5.32 Å². The SMILES string of the molecule is CC(=O)Nc1ccc(CNC2CCC(C(F)(F)F)CC2)cc1. The molecule has 2 N–H and O–H groups in total. The molecule has 1 aliphatic carbocycles. The third kappa shape index (κ3) is 5.02. The molecule has 0 aliphatic heterocycles. The van der Waals surface area contributed by atoms with Crippen molar-refractivity contribution in [3.63, 3.8) is 0 Å². The number of anilines is 1. The zero-order valence-electron chi connectivity index (χ0n) is 12.5. The fourth-order valence-electron chi connectivity index (χ4n) is 2.80. The summed E-state index contributed by atoms with van der Waals surface area (Å²) in [5, 5.41) is 6.01. The molecular formula is C16H21F3N2O. The van der Waals surface area contributed by atoms with Gasteiger partial charge in [0.25, 0.3) is 0 Å². The quantitative estimate of drug-likeness (QED) is 0.886. The topological polar surface area (TPSA) is 41.1 Å². The van der Waals surface area contributed by atoms with E-state index in [0.717, 1.165) is 11.3 Å². The first-order valence-corrected chi connectivity index (χ1v) is 7.51. The number of rotatable bonds is 4. The van der Waals surface area contributed by atoms with E-state index < -0.39 is 12.1 Å². The van der Waals surface area contributed by atoms with Crippen LogP contribution in [0.15, 0.2) is 24.3 Å². The molecule has 22 heavy (non-hydrogen) atoms. The largest absolute Gasteiger partial charge is 0.391 e. The molecule has 6 heteroatoms. The van der Waals surface area contributed by atoms with E-state index in [1.807, 2.05) is 24.3 Å². The van der Waals surface area contributed by atoms with Gasteiger partial charge in [-0.1, -0.05) is 12.1 Å². The molecule has 1 amide bonds. The molecule has 3 nitrogen and oxygen atoms in total. The van der Waals surface area contributed by atoms with Gasteiger partial charge < -0.3 is 10.6 Å². The van der Waals surface area contributed by atoms with Crippen LogP contribution in [0.4, 0.5) is 18.9 Å². The Kier molecular flexibility index (Phi) is 5.45. The van der Waals surface area contributed by atoms with Gasteiger partial charge in [-0.3, -0.25) is 4.79 Å². The summed E-state index contributed by atoms with van der Waals surface area (Å²) in [7, 11) is 0. The summed E-state index contributed by atoms with van der Waals surface area (Å²) in [5.74, 6) is -1.25. The number of amides is 1. The average molecular weight is 314 g/mol. The van der Waals surface area contributed by atoms with Crippen LogP contribution in [-0.2, 0) is 11.3 Å². The van der Waals surface area contributed by atoms with Crippen molar-refractivity contribution in [1.82, 2.24) is 5.32 Å². The van der Waals surface area contributed by atoms with Gasteiger partial charge in [-0.15, -0.1) is 0 Å². The van der Waals surface area contributed by atoms with Crippen LogP contribution in [0, 0.1) is 5.92 Å². The fraction of sp³-hybridized carbons (Fsp3) is 0.562. The highest BCUT2D eigenvalue weighted by Crippen LogP contribution is 2.37. The van der Waals surface area contributed by atoms with Gasteiger partial charge in [0.2, 0.25) is 5.91 Å². The van der Waals surface area contributed by atoms with E-state index in [1.165, 1.54) is 6.92 Å². The molecule has 0 radical (unpaired) electrons. The zero-order chi connectivity index (χ0) is 16.2. The van der Waals surface area contributed by atoms with Gasteiger partial charge in [0.15, 0.2) is 0 Å². The number of nitrogens with one attached hydrogen (secondary N) is 2. The number of carbonyl (C=O) groups excluding carboxylic acids is 1. The lowest BCUT2D eigenvalue weighted by Crippen LogP contribution is -2.36. The fourth-order valence-corrected chi connectivity index (χ4v) is 2.80. The van der Waals surface area contributed by atoms with E-state index >= 15 is 0 Å². The number of carbonyl (C=O) groups is 1. The minimum absolute atomic E-state index is 0.118. The van der Waals surface area contributed by atoms with Crippen molar-refractivity contribution < 1.29 is 18.0 Å². The Morgan fingerprint density at radius 2 is 1.73 bits per heavy atom. The van der Waals surface area contributed by atoms with E-state index in [0.29, 0.717) is 19.4 Å². The summed E-state index contributed by atoms with van der Waals surface area (Å²) in [6, 6.07) is 7.59. The number of halogens is 3. The number of hydrogen-bond donors (Lipinski definition) is 2. The van der Waals surface area contributed by atoms with Crippen LogP contribution >= 0.6 is 0 Å². The molecule has 1 aromatic rings. The maximum atomic E-state index is 12.6. The third-order valence-electron chi connectivity index (χ3n) is 4.06. The normalized spacial score (nSPS) is 22.4. The second kappa shape index (κ2) is 7.13. The van der Waals surface area contributed by atoms with Crippen LogP contribution in [0.3, 0.4) is 0 Å². The highest BCUT2D eigenvalue weighted by Gasteiger charge is 2.41. The predicted octanol–water partition coefficient (Wildman–Crippen LogP) is 3.86. The van der Waals surface area contributed by atoms with Crippen molar-refractivity contribution in [3.05, 3.63) is 29.8 Å². The lowest BCUT2D eigenvalue weighted by Gasteiger charge is -2.30. The highest BCUT2D eigenvalue weighted by atomic mass is 19.4. The molecule has 1 saturated carbocycles. The number of hydrogen-bond acceptors (Lipinski definition) is 2. The first kappa shape index (κ1) is 16.8. The van der Waals surface area contributed by atoms with Crippen LogP contribution in [-0.4, -0.2) is 18.1 Å². The molecule has 122 valence electrons. The molecule has 0 unspecified atom stereocenters. The Hall–Kier alpha value is -1.56. The van der Waals surface area contributed by atoms with Gasteiger partial charge in [0.05, 0.1) is 5.92 Å². The molecule has 2 rings (SSSR count). The monoisotopic (exact) mass is 314 g/mol. The van der Waals surface area contributed by atoms with Crippen LogP contribution < -0.4 is 10.6 Å². The van der Waals surface area contributed by atoms with Gasteiger partial charge in [-0.25, -0.2) is 0 Å². The van der Waals surface area contributed by atoms with Crippen molar-refractivity contribution in [3.8, 4) is 0 Å². The molecule has 0 bridgehead atoms. The van der Waals surface area contributed by atoms with Gasteiger partial charge in [-0.05, 0) is 43.4 Å². The van der Waals surface area contributed by atoms with E-state index in [4.69, 9.17) is 0 Å². The number of alkyl halides is 3. The lowest BCUT2D eigenvalue weighted by atomic mass is 9.85. The van der Waals surface area contributed by atoms with Crippen molar-refractivity contribution in [2.45, 2.75) is 51.4 Å². The minimum atomic E-state index is -4.05. The second-order valence-corrected chi connectivity index (χ2v) is 5.85. The summed E-state index contributed by atoms with van der Waals surface area (Å²) in [5.41, 5.74) is 1.79. The summed E-state index contributed by atoms with van der Waals surface area (Å²) in [4.78, 5) is 10.9. The Morgan fingerprint density at radius 3 is 2.23 bits per heavy atom. The first-order valence-electron chi connectivity index (χ1n) is 7.51. The average Bonchev–Trinajstić information content (AvgIpc) is 2.45. The van der Waals surface area contributed by atoms with Crippen LogP contribution in [0.25, 0.3) is 0 Å². The second-order valence-electron chi connectivity index (χ2n) is 5.85. The zero-order valence-corrected chi connectivity index (χ0v) is 12.5. The maximum Gasteiger partial charge on any atom is 0.391 e. The van der Waals surface area contributed by atoms with E-state index in [1.54, 1.807) is 0 Å². The summed E-state index contributed by atoms with van der Waals surface area (Å²) in [6.45, 7) is 2.08.